The van der Waals surface area contributed by atoms with Gasteiger partial charge in [0.1, 0.15) is 0 Å². The molecule has 0 unspecified atom stereocenters. The van der Waals surface area contributed by atoms with Gasteiger partial charge in [-0.2, -0.15) is 0 Å². The van der Waals surface area contributed by atoms with E-state index in [-0.39, 0.29) is 29.8 Å². The molecule has 0 aliphatic rings. The number of aromatic nitrogens is 1. The van der Waals surface area contributed by atoms with E-state index in [4.69, 9.17) is 0 Å². The molecule has 3 nitrogen and oxygen atoms in total. The summed E-state index contributed by atoms with van der Waals surface area (Å²) in [5.74, 6) is 0.00286. The van der Waals surface area contributed by atoms with Gasteiger partial charge in [0, 0.05) is 29.5 Å². The molecule has 1 aromatic carbocycles. The minimum absolute atomic E-state index is 0. The molecule has 0 spiro atoms. The SMILES string of the molecule is C/C(=C/C(=O)c1ccccc1)Nc1cc[nH+]cc1.[I-]. The average molecular weight is 366 g/mol. The van der Waals surface area contributed by atoms with E-state index in [2.05, 4.69) is 10.3 Å². The van der Waals surface area contributed by atoms with Crippen molar-refractivity contribution in [2.75, 3.05) is 5.32 Å². The van der Waals surface area contributed by atoms with Crippen molar-refractivity contribution in [1.82, 2.24) is 0 Å². The molecular weight excluding hydrogens is 351 g/mol. The number of carbonyl (C=O) groups is 1. The molecule has 0 saturated carbocycles. The first-order valence-corrected chi connectivity index (χ1v) is 5.76. The second kappa shape index (κ2) is 7.68. The molecule has 0 amide bonds. The van der Waals surface area contributed by atoms with E-state index in [1.165, 1.54) is 0 Å². The molecule has 2 aromatic rings. The number of nitrogens with one attached hydrogen (secondary N) is 2. The molecule has 0 atom stereocenters. The number of ketones is 1. The summed E-state index contributed by atoms with van der Waals surface area (Å²) in [6.07, 6.45) is 5.26. The third-order valence-corrected chi connectivity index (χ3v) is 2.47. The highest BCUT2D eigenvalue weighted by Crippen LogP contribution is 2.08. The Bertz CT molecular complexity index is 553. The summed E-state index contributed by atoms with van der Waals surface area (Å²) in [6.45, 7) is 1.87. The molecule has 4 heteroatoms. The molecule has 2 rings (SSSR count). The Labute approximate surface area is 129 Å². The Morgan fingerprint density at radius 2 is 1.74 bits per heavy atom. The fourth-order valence-electron chi connectivity index (χ4n) is 1.62. The van der Waals surface area contributed by atoms with E-state index in [0.29, 0.717) is 5.56 Å². The van der Waals surface area contributed by atoms with Gasteiger partial charge in [-0.15, -0.1) is 0 Å². The second-order valence-corrected chi connectivity index (χ2v) is 3.97. The topological polar surface area (TPSA) is 43.2 Å². The largest absolute Gasteiger partial charge is 1.00 e. The number of hydrogen-bond acceptors (Lipinski definition) is 2. The van der Waals surface area contributed by atoms with Gasteiger partial charge in [-0.1, -0.05) is 30.3 Å². The van der Waals surface area contributed by atoms with Gasteiger partial charge in [-0.3, -0.25) is 4.79 Å². The van der Waals surface area contributed by atoms with E-state index in [1.54, 1.807) is 6.08 Å². The minimum Gasteiger partial charge on any atom is -1.00 e. The first-order chi connectivity index (χ1) is 8.75. The van der Waals surface area contributed by atoms with E-state index in [1.807, 2.05) is 61.8 Å². The standard InChI is InChI=1S/C15H14N2O.HI/c1-12(17-14-7-9-16-10-8-14)11-15(18)13-5-3-2-4-6-13;/h2-11H,1H3,(H,16,17);1H/b12-11-;. The van der Waals surface area contributed by atoms with E-state index in [0.717, 1.165) is 11.4 Å². The maximum Gasteiger partial charge on any atom is 0.187 e. The number of benzene rings is 1. The average Bonchev–Trinajstić information content (AvgIpc) is 2.40. The van der Waals surface area contributed by atoms with E-state index >= 15 is 0 Å². The minimum atomic E-state index is 0. The lowest BCUT2D eigenvalue weighted by atomic mass is 10.1. The van der Waals surface area contributed by atoms with Crippen molar-refractivity contribution in [2.45, 2.75) is 6.92 Å². The third-order valence-electron chi connectivity index (χ3n) is 2.47. The molecule has 1 heterocycles. The summed E-state index contributed by atoms with van der Waals surface area (Å²) in [7, 11) is 0. The second-order valence-electron chi connectivity index (χ2n) is 3.97. The van der Waals surface area contributed by atoms with Gasteiger partial charge in [-0.05, 0) is 6.92 Å². The molecular formula is C15H15IN2O. The van der Waals surface area contributed by atoms with Crippen molar-refractivity contribution in [1.29, 1.82) is 0 Å². The molecule has 0 saturated heterocycles. The van der Waals surface area contributed by atoms with Crippen molar-refractivity contribution in [3.8, 4) is 0 Å². The van der Waals surface area contributed by atoms with Crippen LogP contribution in [0.25, 0.3) is 0 Å². The number of rotatable bonds is 4. The Morgan fingerprint density at radius 1 is 1.11 bits per heavy atom. The molecule has 0 radical (unpaired) electrons. The van der Waals surface area contributed by atoms with Gasteiger partial charge in [0.15, 0.2) is 18.2 Å². The lowest BCUT2D eigenvalue weighted by Crippen LogP contribution is -3.00. The molecule has 0 aliphatic carbocycles. The quantitative estimate of drug-likeness (QED) is 0.459. The number of pyridine rings is 1. The molecule has 98 valence electrons. The molecule has 0 aliphatic heterocycles. The van der Waals surface area contributed by atoms with Gasteiger partial charge in [0.2, 0.25) is 0 Å². The van der Waals surface area contributed by atoms with Gasteiger partial charge in [-0.25, -0.2) is 4.98 Å². The number of H-pyrrole nitrogens is 1. The highest BCUT2D eigenvalue weighted by atomic mass is 127. The zero-order chi connectivity index (χ0) is 12.8. The van der Waals surface area contributed by atoms with Crippen LogP contribution >= 0.6 is 0 Å². The Morgan fingerprint density at radius 3 is 2.37 bits per heavy atom. The van der Waals surface area contributed by atoms with Gasteiger partial charge in [0.25, 0.3) is 0 Å². The number of aromatic amines is 1. The van der Waals surface area contributed by atoms with Crippen molar-refractivity contribution in [3.63, 3.8) is 0 Å². The molecule has 0 fully saturated rings. The van der Waals surface area contributed by atoms with E-state index in [9.17, 15) is 4.79 Å². The van der Waals surface area contributed by atoms with Crippen molar-refractivity contribution < 1.29 is 33.8 Å². The van der Waals surface area contributed by atoms with Crippen LogP contribution in [0.2, 0.25) is 0 Å². The van der Waals surface area contributed by atoms with Crippen LogP contribution in [0.1, 0.15) is 17.3 Å². The smallest absolute Gasteiger partial charge is 0.187 e. The fourth-order valence-corrected chi connectivity index (χ4v) is 1.62. The molecule has 1 aromatic heterocycles. The Kier molecular flexibility index (Phi) is 6.21. The number of anilines is 1. The molecule has 0 bridgehead atoms. The van der Waals surface area contributed by atoms with Crippen molar-refractivity contribution in [2.24, 2.45) is 0 Å². The lowest BCUT2D eigenvalue weighted by molar-refractivity contribution is -0.377. The molecule has 2 N–H and O–H groups in total. The number of halogens is 1. The van der Waals surface area contributed by atoms with Crippen LogP contribution in [-0.2, 0) is 0 Å². The van der Waals surface area contributed by atoms with Crippen molar-refractivity contribution in [3.05, 3.63) is 72.2 Å². The highest BCUT2D eigenvalue weighted by molar-refractivity contribution is 6.05. The van der Waals surface area contributed by atoms with Gasteiger partial charge < -0.3 is 29.3 Å². The van der Waals surface area contributed by atoms with E-state index < -0.39 is 0 Å². The van der Waals surface area contributed by atoms with Crippen LogP contribution < -0.4 is 34.3 Å². The maximum absolute atomic E-state index is 11.9. The normalized spacial score (nSPS) is 10.5. The van der Waals surface area contributed by atoms with Crippen LogP contribution in [0.5, 0.6) is 0 Å². The monoisotopic (exact) mass is 366 g/mol. The Hall–Kier alpha value is -1.69. The van der Waals surface area contributed by atoms with Crippen LogP contribution in [0, 0.1) is 0 Å². The first-order valence-electron chi connectivity index (χ1n) is 5.76. The Balaban J connectivity index is 0.00000180. The predicted octanol–water partition coefficient (Wildman–Crippen LogP) is -0.297. The highest BCUT2D eigenvalue weighted by Gasteiger charge is 2.02. The van der Waals surface area contributed by atoms with Crippen LogP contribution in [0.4, 0.5) is 5.69 Å². The summed E-state index contributed by atoms with van der Waals surface area (Å²) in [5.41, 5.74) is 2.46. The summed E-state index contributed by atoms with van der Waals surface area (Å²) >= 11 is 0. The zero-order valence-corrected chi connectivity index (χ0v) is 12.7. The zero-order valence-electron chi connectivity index (χ0n) is 10.6. The van der Waals surface area contributed by atoms with Crippen molar-refractivity contribution >= 4 is 11.5 Å². The van der Waals surface area contributed by atoms with Crippen LogP contribution in [-0.4, -0.2) is 5.78 Å². The van der Waals surface area contributed by atoms with Gasteiger partial charge in [0.05, 0.1) is 5.69 Å². The summed E-state index contributed by atoms with van der Waals surface area (Å²) in [6, 6.07) is 13.0. The fraction of sp³-hybridized carbons (Fsp3) is 0.0667. The van der Waals surface area contributed by atoms with Crippen LogP contribution in [0.3, 0.4) is 0 Å². The van der Waals surface area contributed by atoms with Crippen LogP contribution in [0.15, 0.2) is 66.6 Å². The number of allylic oxidation sites excluding steroid dienone is 2. The first kappa shape index (κ1) is 15.4. The third kappa shape index (κ3) is 4.82. The number of carbonyl (C=O) groups excluding carboxylic acids is 1. The number of hydrogen-bond donors (Lipinski definition) is 1. The molecule has 19 heavy (non-hydrogen) atoms. The summed E-state index contributed by atoms with van der Waals surface area (Å²) < 4.78 is 0. The van der Waals surface area contributed by atoms with Gasteiger partial charge >= 0.3 is 0 Å². The predicted molar refractivity (Wildman–Crippen MR) is 71.1 cm³/mol. The summed E-state index contributed by atoms with van der Waals surface area (Å²) in [5, 5.41) is 3.16. The maximum atomic E-state index is 11.9. The lowest BCUT2D eigenvalue weighted by Gasteiger charge is -2.04. The summed E-state index contributed by atoms with van der Waals surface area (Å²) in [4.78, 5) is 14.9.